The Morgan fingerprint density at radius 1 is 1.27 bits per heavy atom. The zero-order valence-electron chi connectivity index (χ0n) is 7.80. The third kappa shape index (κ3) is 3.41. The molecule has 0 fully saturated rings. The van der Waals surface area contributed by atoms with Gasteiger partial charge in [0.15, 0.2) is 0 Å². The molecule has 0 aromatic heterocycles. The van der Waals surface area contributed by atoms with Crippen molar-refractivity contribution in [3.63, 3.8) is 0 Å². The molecule has 1 atom stereocenters. The van der Waals surface area contributed by atoms with Gasteiger partial charge in [0.25, 0.3) is 0 Å². The molecule has 0 nitrogen and oxygen atoms in total. The van der Waals surface area contributed by atoms with Crippen LogP contribution in [0.3, 0.4) is 0 Å². The van der Waals surface area contributed by atoms with Gasteiger partial charge in [-0.25, -0.2) is 0 Å². The second-order valence-corrected chi connectivity index (χ2v) is 4.57. The quantitative estimate of drug-likeness (QED) is 0.536. The Morgan fingerprint density at radius 3 is 2.45 bits per heavy atom. The van der Waals surface area contributed by atoms with E-state index in [1.807, 2.05) is 0 Å². The molecule has 0 aliphatic heterocycles. The summed E-state index contributed by atoms with van der Waals surface area (Å²) in [7, 11) is 0. The van der Waals surface area contributed by atoms with Gasteiger partial charge in [-0.2, -0.15) is 0 Å². The molecule has 62 valence electrons. The van der Waals surface area contributed by atoms with E-state index in [1.54, 1.807) is 0 Å². The van der Waals surface area contributed by atoms with Crippen molar-refractivity contribution >= 4 is 0 Å². The first-order valence-corrected chi connectivity index (χ1v) is 4.41. The second kappa shape index (κ2) is 3.25. The standard InChI is InChI=1S/C11H18/c1-11(2,3)9-10-7-5-4-6-8-10/h4-7,10H,8-9H2,1-3H3/t10-/m0/s1. The minimum atomic E-state index is 0.472. The summed E-state index contributed by atoms with van der Waals surface area (Å²) < 4.78 is 0. The molecule has 1 aliphatic carbocycles. The molecule has 0 radical (unpaired) electrons. The molecule has 0 bridgehead atoms. The molecule has 11 heavy (non-hydrogen) atoms. The predicted molar refractivity (Wildman–Crippen MR) is 50.5 cm³/mol. The van der Waals surface area contributed by atoms with Gasteiger partial charge in [0, 0.05) is 0 Å². The van der Waals surface area contributed by atoms with Crippen molar-refractivity contribution in [1.82, 2.24) is 0 Å². The third-order valence-electron chi connectivity index (χ3n) is 1.94. The maximum absolute atomic E-state index is 2.32. The zero-order chi connectivity index (χ0) is 8.32. The highest BCUT2D eigenvalue weighted by Crippen LogP contribution is 2.28. The van der Waals surface area contributed by atoms with Crippen LogP contribution in [0.4, 0.5) is 0 Å². The van der Waals surface area contributed by atoms with Crippen LogP contribution in [0.15, 0.2) is 24.3 Å². The van der Waals surface area contributed by atoms with Gasteiger partial charge in [0.1, 0.15) is 0 Å². The summed E-state index contributed by atoms with van der Waals surface area (Å²) in [6.07, 6.45) is 11.4. The van der Waals surface area contributed by atoms with Crippen LogP contribution in [0.2, 0.25) is 0 Å². The lowest BCUT2D eigenvalue weighted by Gasteiger charge is -2.23. The van der Waals surface area contributed by atoms with Crippen molar-refractivity contribution in [3.8, 4) is 0 Å². The zero-order valence-corrected chi connectivity index (χ0v) is 7.80. The lowest BCUT2D eigenvalue weighted by atomic mass is 9.82. The largest absolute Gasteiger partial charge is 0.0840 e. The van der Waals surface area contributed by atoms with Crippen molar-refractivity contribution in [3.05, 3.63) is 24.3 Å². The first kappa shape index (κ1) is 8.58. The van der Waals surface area contributed by atoms with E-state index in [-0.39, 0.29) is 0 Å². The smallest absolute Gasteiger partial charge is 0.0191 e. The van der Waals surface area contributed by atoms with E-state index in [0.29, 0.717) is 5.41 Å². The molecule has 0 heterocycles. The fourth-order valence-corrected chi connectivity index (χ4v) is 1.57. The SMILES string of the molecule is CC(C)(C)C[C@H]1C=CC=CC1. The molecule has 0 saturated heterocycles. The van der Waals surface area contributed by atoms with Crippen LogP contribution in [-0.4, -0.2) is 0 Å². The summed E-state index contributed by atoms with van der Waals surface area (Å²) in [6, 6.07) is 0. The van der Waals surface area contributed by atoms with Gasteiger partial charge in [0.2, 0.25) is 0 Å². The Balaban J connectivity index is 2.39. The molecule has 0 unspecified atom stereocenters. The van der Waals surface area contributed by atoms with E-state index in [9.17, 15) is 0 Å². The van der Waals surface area contributed by atoms with Crippen LogP contribution in [0.5, 0.6) is 0 Å². The minimum absolute atomic E-state index is 0.472. The van der Waals surface area contributed by atoms with E-state index in [2.05, 4.69) is 45.1 Å². The molecule has 0 saturated carbocycles. The number of hydrogen-bond donors (Lipinski definition) is 0. The summed E-state index contributed by atoms with van der Waals surface area (Å²) >= 11 is 0. The molecular weight excluding hydrogens is 132 g/mol. The van der Waals surface area contributed by atoms with Crippen LogP contribution in [-0.2, 0) is 0 Å². The first-order chi connectivity index (χ1) is 5.08. The number of allylic oxidation sites excluding steroid dienone is 4. The summed E-state index contributed by atoms with van der Waals surface area (Å²) in [4.78, 5) is 0. The van der Waals surface area contributed by atoms with Crippen LogP contribution in [0.1, 0.15) is 33.6 Å². The fraction of sp³-hybridized carbons (Fsp3) is 0.636. The first-order valence-electron chi connectivity index (χ1n) is 4.41. The van der Waals surface area contributed by atoms with E-state index in [4.69, 9.17) is 0 Å². The van der Waals surface area contributed by atoms with Gasteiger partial charge in [-0.15, -0.1) is 0 Å². The van der Waals surface area contributed by atoms with Gasteiger partial charge >= 0.3 is 0 Å². The Bertz CT molecular complexity index is 167. The Labute approximate surface area is 70.0 Å². The van der Waals surface area contributed by atoms with Crippen LogP contribution >= 0.6 is 0 Å². The lowest BCUT2D eigenvalue weighted by molar-refractivity contribution is 0.325. The molecule has 0 heteroatoms. The van der Waals surface area contributed by atoms with E-state index >= 15 is 0 Å². The Hall–Kier alpha value is -0.520. The van der Waals surface area contributed by atoms with Gasteiger partial charge in [0.05, 0.1) is 0 Å². The topological polar surface area (TPSA) is 0 Å². The molecule has 0 amide bonds. The number of hydrogen-bond acceptors (Lipinski definition) is 0. The lowest BCUT2D eigenvalue weighted by Crippen LogP contribution is -2.11. The summed E-state index contributed by atoms with van der Waals surface area (Å²) in [6.45, 7) is 6.91. The second-order valence-electron chi connectivity index (χ2n) is 4.57. The van der Waals surface area contributed by atoms with E-state index in [1.165, 1.54) is 12.8 Å². The normalized spacial score (nSPS) is 24.1. The van der Waals surface area contributed by atoms with Crippen molar-refractivity contribution in [2.45, 2.75) is 33.6 Å². The predicted octanol–water partition coefficient (Wildman–Crippen LogP) is 3.55. The molecule has 0 aromatic rings. The van der Waals surface area contributed by atoms with Crippen LogP contribution in [0.25, 0.3) is 0 Å². The summed E-state index contributed by atoms with van der Waals surface area (Å²) in [5.74, 6) is 0.778. The molecule has 0 N–H and O–H groups in total. The highest BCUT2D eigenvalue weighted by Gasteiger charge is 2.16. The third-order valence-corrected chi connectivity index (χ3v) is 1.94. The van der Waals surface area contributed by atoms with Crippen molar-refractivity contribution in [1.29, 1.82) is 0 Å². The van der Waals surface area contributed by atoms with Gasteiger partial charge in [-0.1, -0.05) is 45.1 Å². The monoisotopic (exact) mass is 150 g/mol. The van der Waals surface area contributed by atoms with Crippen molar-refractivity contribution in [2.75, 3.05) is 0 Å². The molecular formula is C11H18. The fourth-order valence-electron chi connectivity index (χ4n) is 1.57. The van der Waals surface area contributed by atoms with E-state index in [0.717, 1.165) is 5.92 Å². The Morgan fingerprint density at radius 2 is 2.00 bits per heavy atom. The maximum atomic E-state index is 2.32. The van der Waals surface area contributed by atoms with Crippen LogP contribution in [0, 0.1) is 11.3 Å². The average Bonchev–Trinajstić information content (AvgIpc) is 1.85. The molecule has 0 aromatic carbocycles. The molecule has 0 spiro atoms. The maximum Gasteiger partial charge on any atom is -0.0191 e. The van der Waals surface area contributed by atoms with E-state index < -0.39 is 0 Å². The Kier molecular flexibility index (Phi) is 2.53. The van der Waals surface area contributed by atoms with Gasteiger partial charge in [-0.3, -0.25) is 0 Å². The van der Waals surface area contributed by atoms with Crippen molar-refractivity contribution < 1.29 is 0 Å². The van der Waals surface area contributed by atoms with Gasteiger partial charge < -0.3 is 0 Å². The molecule has 1 aliphatic rings. The summed E-state index contributed by atoms with van der Waals surface area (Å²) in [5.41, 5.74) is 0.472. The highest BCUT2D eigenvalue weighted by molar-refractivity contribution is 5.11. The minimum Gasteiger partial charge on any atom is -0.0840 e. The van der Waals surface area contributed by atoms with Gasteiger partial charge in [-0.05, 0) is 24.2 Å². The van der Waals surface area contributed by atoms with Crippen LogP contribution < -0.4 is 0 Å². The van der Waals surface area contributed by atoms with Crippen molar-refractivity contribution in [2.24, 2.45) is 11.3 Å². The highest BCUT2D eigenvalue weighted by atomic mass is 14.2. The number of rotatable bonds is 1. The summed E-state index contributed by atoms with van der Waals surface area (Å²) in [5, 5.41) is 0. The average molecular weight is 150 g/mol. The molecule has 1 rings (SSSR count).